The number of nitrogens with zero attached hydrogens (tertiary/aromatic N) is 1. The fourth-order valence-electron chi connectivity index (χ4n) is 2.49. The normalized spacial score (nSPS) is 16.9. The maximum atomic E-state index is 12.1. The molecule has 2 rings (SSSR count). The number of aliphatic hydroxyl groups excluding tert-OH is 1. The zero-order valence-corrected chi connectivity index (χ0v) is 12.8. The Morgan fingerprint density at radius 2 is 1.81 bits per heavy atom. The topological polar surface area (TPSA) is 74.7 Å². The van der Waals surface area contributed by atoms with Gasteiger partial charge in [0.25, 0.3) is 0 Å². The average molecular weight is 311 g/mol. The highest BCUT2D eigenvalue weighted by atomic mass is 32.2. The van der Waals surface area contributed by atoms with Gasteiger partial charge in [-0.05, 0) is 30.9 Å². The van der Waals surface area contributed by atoms with Crippen LogP contribution < -0.4 is 0 Å². The van der Waals surface area contributed by atoms with Gasteiger partial charge in [-0.25, -0.2) is 8.42 Å². The van der Waals surface area contributed by atoms with Gasteiger partial charge in [0.15, 0.2) is 9.84 Å². The number of hydrogen-bond donors (Lipinski definition) is 1. The van der Waals surface area contributed by atoms with Crippen LogP contribution >= 0.6 is 0 Å². The lowest BCUT2D eigenvalue weighted by molar-refractivity contribution is -0.132. The molecule has 1 aliphatic heterocycles. The molecule has 0 unspecified atom stereocenters. The smallest absolute Gasteiger partial charge is 0.223 e. The minimum Gasteiger partial charge on any atom is -0.396 e. The van der Waals surface area contributed by atoms with E-state index in [1.807, 2.05) is 0 Å². The molecule has 1 N–H and O–H groups in total. The molecule has 1 amide bonds. The molecule has 1 aliphatic rings. The second-order valence-corrected chi connectivity index (χ2v) is 7.50. The fourth-order valence-corrected chi connectivity index (χ4v) is 3.74. The van der Waals surface area contributed by atoms with Crippen LogP contribution in [0.5, 0.6) is 0 Å². The van der Waals surface area contributed by atoms with E-state index in [2.05, 4.69) is 0 Å². The Labute approximate surface area is 125 Å². The molecule has 0 radical (unpaired) electrons. The summed E-state index contributed by atoms with van der Waals surface area (Å²) >= 11 is 0. The zero-order chi connectivity index (χ0) is 15.3. The number of rotatable bonds is 5. The van der Waals surface area contributed by atoms with Crippen LogP contribution in [-0.4, -0.2) is 49.8 Å². The number of carbonyl (C=O) groups excluding carboxylic acids is 1. The molecule has 116 valence electrons. The molecule has 0 aromatic heterocycles. The second-order valence-electron chi connectivity index (χ2n) is 5.39. The van der Waals surface area contributed by atoms with Crippen molar-refractivity contribution in [2.45, 2.75) is 24.2 Å². The molecule has 6 heteroatoms. The quantitative estimate of drug-likeness (QED) is 0.883. The standard InChI is InChI=1S/C15H21NO4S/c17-12-13-6-9-16(10-7-13)15(18)8-11-21(19,20)14-4-2-1-3-5-14/h1-5,13,17H,6-12H2. The molecule has 0 atom stereocenters. The minimum absolute atomic E-state index is 0.0149. The first kappa shape index (κ1) is 16.0. The highest BCUT2D eigenvalue weighted by Gasteiger charge is 2.24. The Hall–Kier alpha value is -1.40. The number of likely N-dealkylation sites (tertiary alicyclic amines) is 1. The van der Waals surface area contributed by atoms with E-state index in [0.29, 0.717) is 13.1 Å². The number of piperidine rings is 1. The van der Waals surface area contributed by atoms with E-state index >= 15 is 0 Å². The molecule has 0 spiro atoms. The van der Waals surface area contributed by atoms with Crippen molar-refractivity contribution in [2.24, 2.45) is 5.92 Å². The Balaban J connectivity index is 1.87. The van der Waals surface area contributed by atoms with E-state index in [1.165, 1.54) is 0 Å². The van der Waals surface area contributed by atoms with Gasteiger partial charge in [0.2, 0.25) is 5.91 Å². The van der Waals surface area contributed by atoms with E-state index in [9.17, 15) is 13.2 Å². The van der Waals surface area contributed by atoms with Gasteiger partial charge in [0, 0.05) is 26.1 Å². The van der Waals surface area contributed by atoms with Crippen LogP contribution in [0.3, 0.4) is 0 Å². The third-order valence-corrected chi connectivity index (χ3v) is 5.64. The first-order valence-corrected chi connectivity index (χ1v) is 8.84. The largest absolute Gasteiger partial charge is 0.396 e. The van der Waals surface area contributed by atoms with Gasteiger partial charge in [-0.1, -0.05) is 18.2 Å². The number of amides is 1. The van der Waals surface area contributed by atoms with Gasteiger partial charge in [-0.2, -0.15) is 0 Å². The molecule has 1 aromatic carbocycles. The van der Waals surface area contributed by atoms with Gasteiger partial charge >= 0.3 is 0 Å². The summed E-state index contributed by atoms with van der Waals surface area (Å²) in [6, 6.07) is 8.21. The van der Waals surface area contributed by atoms with Crippen molar-refractivity contribution >= 4 is 15.7 Å². The van der Waals surface area contributed by atoms with Crippen LogP contribution in [0.2, 0.25) is 0 Å². The first-order chi connectivity index (χ1) is 10.0. The summed E-state index contributed by atoms with van der Waals surface area (Å²) in [7, 11) is -3.40. The Morgan fingerprint density at radius 1 is 1.19 bits per heavy atom. The highest BCUT2D eigenvalue weighted by Crippen LogP contribution is 2.18. The van der Waals surface area contributed by atoms with Crippen molar-refractivity contribution in [3.8, 4) is 0 Å². The van der Waals surface area contributed by atoms with Crippen molar-refractivity contribution in [3.05, 3.63) is 30.3 Å². The molecule has 1 fully saturated rings. The maximum absolute atomic E-state index is 12.1. The number of benzene rings is 1. The summed E-state index contributed by atoms with van der Waals surface area (Å²) in [5, 5.41) is 9.07. The van der Waals surface area contributed by atoms with Crippen LogP contribution in [0.25, 0.3) is 0 Å². The van der Waals surface area contributed by atoms with Crippen molar-refractivity contribution in [1.29, 1.82) is 0 Å². The van der Waals surface area contributed by atoms with Crippen molar-refractivity contribution in [3.63, 3.8) is 0 Å². The third-order valence-electron chi connectivity index (χ3n) is 3.91. The lowest BCUT2D eigenvalue weighted by Gasteiger charge is -2.31. The second kappa shape index (κ2) is 7.04. The molecule has 1 saturated heterocycles. The van der Waals surface area contributed by atoms with Gasteiger partial charge in [-0.3, -0.25) is 4.79 Å². The molecule has 21 heavy (non-hydrogen) atoms. The van der Waals surface area contributed by atoms with Gasteiger partial charge < -0.3 is 10.0 Å². The summed E-state index contributed by atoms with van der Waals surface area (Å²) < 4.78 is 24.2. The molecule has 1 aromatic rings. The van der Waals surface area contributed by atoms with E-state index < -0.39 is 9.84 Å². The number of sulfone groups is 1. The van der Waals surface area contributed by atoms with Gasteiger partial charge in [-0.15, -0.1) is 0 Å². The van der Waals surface area contributed by atoms with E-state index in [0.717, 1.165) is 12.8 Å². The first-order valence-electron chi connectivity index (χ1n) is 7.19. The lowest BCUT2D eigenvalue weighted by Crippen LogP contribution is -2.39. The number of aliphatic hydroxyl groups is 1. The molecule has 5 nitrogen and oxygen atoms in total. The highest BCUT2D eigenvalue weighted by molar-refractivity contribution is 7.91. The van der Waals surface area contributed by atoms with Crippen LogP contribution in [-0.2, 0) is 14.6 Å². The van der Waals surface area contributed by atoms with Crippen LogP contribution in [0, 0.1) is 5.92 Å². The zero-order valence-electron chi connectivity index (χ0n) is 11.9. The molecule has 0 saturated carbocycles. The minimum atomic E-state index is -3.40. The fraction of sp³-hybridized carbons (Fsp3) is 0.533. The SMILES string of the molecule is O=C(CCS(=O)(=O)c1ccccc1)N1CCC(CO)CC1. The van der Waals surface area contributed by atoms with E-state index in [-0.39, 0.29) is 35.5 Å². The molecule has 0 bridgehead atoms. The van der Waals surface area contributed by atoms with Crippen LogP contribution in [0.15, 0.2) is 35.2 Å². The van der Waals surface area contributed by atoms with Crippen molar-refractivity contribution < 1.29 is 18.3 Å². The molecular weight excluding hydrogens is 290 g/mol. The Morgan fingerprint density at radius 3 is 2.38 bits per heavy atom. The third kappa shape index (κ3) is 4.28. The summed E-state index contributed by atoms with van der Waals surface area (Å²) in [4.78, 5) is 14.0. The number of hydrogen-bond acceptors (Lipinski definition) is 4. The van der Waals surface area contributed by atoms with Gasteiger partial charge in [0.1, 0.15) is 0 Å². The van der Waals surface area contributed by atoms with Crippen molar-refractivity contribution in [1.82, 2.24) is 4.90 Å². The van der Waals surface area contributed by atoms with Crippen molar-refractivity contribution in [2.75, 3.05) is 25.4 Å². The summed E-state index contributed by atoms with van der Waals surface area (Å²) in [6.07, 6.45) is 1.59. The maximum Gasteiger partial charge on any atom is 0.223 e. The Kier molecular flexibility index (Phi) is 5.36. The van der Waals surface area contributed by atoms with Gasteiger partial charge in [0.05, 0.1) is 10.6 Å². The molecule has 0 aliphatic carbocycles. The Bertz CT molecular complexity index is 563. The summed E-state index contributed by atoms with van der Waals surface area (Å²) in [5.41, 5.74) is 0. The predicted octanol–water partition coefficient (Wildman–Crippen LogP) is 1.08. The molecule has 1 heterocycles. The van der Waals surface area contributed by atoms with Crippen LogP contribution in [0.1, 0.15) is 19.3 Å². The van der Waals surface area contributed by atoms with E-state index in [4.69, 9.17) is 5.11 Å². The monoisotopic (exact) mass is 311 g/mol. The van der Waals surface area contributed by atoms with Crippen LogP contribution in [0.4, 0.5) is 0 Å². The summed E-state index contributed by atoms with van der Waals surface area (Å²) in [6.45, 7) is 1.37. The average Bonchev–Trinajstić information content (AvgIpc) is 2.53. The van der Waals surface area contributed by atoms with E-state index in [1.54, 1.807) is 35.2 Å². The predicted molar refractivity (Wildman–Crippen MR) is 79.5 cm³/mol. The lowest BCUT2D eigenvalue weighted by atomic mass is 9.98. The number of carbonyl (C=O) groups is 1. The summed E-state index contributed by atoms with van der Waals surface area (Å²) in [5.74, 6) is -0.0107. The molecular formula is C15H21NO4S.